The average molecular weight is 629 g/mol. The maximum absolute atomic E-state index is 13.3. The van der Waals surface area contributed by atoms with Crippen LogP contribution in [0.1, 0.15) is 49.3 Å². The van der Waals surface area contributed by atoms with E-state index in [1.807, 2.05) is 56.9 Å². The monoisotopic (exact) mass is 628 g/mol. The number of benzene rings is 3. The molecule has 0 radical (unpaired) electrons. The van der Waals surface area contributed by atoms with Gasteiger partial charge in [0.05, 0.1) is 29.2 Å². The molecule has 45 heavy (non-hydrogen) atoms. The predicted octanol–water partition coefficient (Wildman–Crippen LogP) is 8.18. The first-order valence-electron chi connectivity index (χ1n) is 14.7. The number of carbonyl (C=O) groups is 1. The third kappa shape index (κ3) is 5.98. The van der Waals surface area contributed by atoms with Gasteiger partial charge in [-0.3, -0.25) is 0 Å². The Morgan fingerprint density at radius 1 is 1.04 bits per heavy atom. The van der Waals surface area contributed by atoms with Gasteiger partial charge in [0, 0.05) is 34.8 Å². The summed E-state index contributed by atoms with van der Waals surface area (Å²) >= 11 is 6.26. The van der Waals surface area contributed by atoms with Gasteiger partial charge in [0.2, 0.25) is 5.95 Å². The van der Waals surface area contributed by atoms with Crippen LogP contribution in [-0.2, 0) is 22.7 Å². The minimum atomic E-state index is -1.24. The Kier molecular flexibility index (Phi) is 8.01. The largest absolute Gasteiger partial charge is 0.486 e. The van der Waals surface area contributed by atoms with E-state index in [-0.39, 0.29) is 12.4 Å². The molecule has 0 saturated carbocycles. The summed E-state index contributed by atoms with van der Waals surface area (Å²) in [6, 6.07) is 15.7. The number of aliphatic carboxylic acids is 1. The van der Waals surface area contributed by atoms with Crippen molar-refractivity contribution < 1.29 is 23.8 Å². The van der Waals surface area contributed by atoms with Crippen LogP contribution in [0.2, 0.25) is 5.02 Å². The number of carboxylic acid groups (broad SMARTS) is 1. The van der Waals surface area contributed by atoms with Crippen molar-refractivity contribution in [3.63, 3.8) is 0 Å². The van der Waals surface area contributed by atoms with E-state index >= 15 is 0 Å². The van der Waals surface area contributed by atoms with Gasteiger partial charge >= 0.3 is 5.97 Å². The van der Waals surface area contributed by atoms with Gasteiger partial charge < -0.3 is 24.0 Å². The van der Waals surface area contributed by atoms with Crippen molar-refractivity contribution in [3.05, 3.63) is 100 Å². The highest BCUT2D eigenvalue weighted by Gasteiger charge is 2.36. The standard InChI is InChI=1S/C35H34ClFN4O4/c1-20-16-27-29(23-8-10-24(36)11-9-23)28(32(33(42)43)45-35(3,4)5)21(2)30-31(27)40(20)14-15-41(30)34-38-17-26(18-39-34)44-19-22-6-12-25(37)13-7-22/h6-13,16-18,32H,14-15,19H2,1-5H3,(H,42,43)/t32-/m0/s1. The van der Waals surface area contributed by atoms with Crippen molar-refractivity contribution in [2.45, 2.75) is 59.5 Å². The number of rotatable bonds is 8. The van der Waals surface area contributed by atoms with Crippen LogP contribution in [0.15, 0.2) is 67.0 Å². The van der Waals surface area contributed by atoms with Crippen LogP contribution >= 0.6 is 11.6 Å². The molecular formula is C35H34ClFN4O4. The number of carboxylic acids is 1. The molecule has 3 aromatic carbocycles. The summed E-state index contributed by atoms with van der Waals surface area (Å²) in [4.78, 5) is 24.3. The molecule has 0 unspecified atom stereocenters. The Balaban J connectivity index is 1.49. The van der Waals surface area contributed by atoms with Crippen LogP contribution in [0.5, 0.6) is 5.75 Å². The normalized spacial score (nSPS) is 13.7. The molecule has 5 aromatic rings. The summed E-state index contributed by atoms with van der Waals surface area (Å²) in [5.41, 5.74) is 5.96. The molecule has 0 aliphatic carbocycles. The summed E-state index contributed by atoms with van der Waals surface area (Å²) in [6.07, 6.45) is 1.98. The first kappa shape index (κ1) is 30.6. The van der Waals surface area contributed by atoms with Crippen molar-refractivity contribution >= 4 is 40.1 Å². The number of aromatic nitrogens is 3. The van der Waals surface area contributed by atoms with E-state index in [9.17, 15) is 14.3 Å². The Hall–Kier alpha value is -4.47. The van der Waals surface area contributed by atoms with Crippen molar-refractivity contribution in [3.8, 4) is 16.9 Å². The van der Waals surface area contributed by atoms with E-state index < -0.39 is 17.7 Å². The molecule has 0 spiro atoms. The van der Waals surface area contributed by atoms with E-state index in [1.165, 1.54) is 12.1 Å². The van der Waals surface area contributed by atoms with E-state index in [1.54, 1.807) is 24.5 Å². The highest BCUT2D eigenvalue weighted by molar-refractivity contribution is 6.30. The van der Waals surface area contributed by atoms with Crippen LogP contribution in [-0.4, -0.2) is 37.8 Å². The fourth-order valence-corrected chi connectivity index (χ4v) is 6.13. The van der Waals surface area contributed by atoms with Gasteiger partial charge in [0.15, 0.2) is 11.9 Å². The molecular weight excluding hydrogens is 595 g/mol. The third-order valence-electron chi connectivity index (χ3n) is 7.91. The minimum absolute atomic E-state index is 0.249. The lowest BCUT2D eigenvalue weighted by Gasteiger charge is -2.35. The summed E-state index contributed by atoms with van der Waals surface area (Å²) < 4.78 is 27.6. The van der Waals surface area contributed by atoms with Crippen molar-refractivity contribution in [1.82, 2.24) is 14.5 Å². The molecule has 8 nitrogen and oxygen atoms in total. The molecule has 6 rings (SSSR count). The SMILES string of the molecule is Cc1c([C@H](OC(C)(C)C)C(=O)O)c(-c2ccc(Cl)cc2)c2cc(C)n3c2c1N(c1ncc(OCc2ccc(F)cc2)cn1)CC3. The molecule has 1 aliphatic heterocycles. The number of hydrogen-bond acceptors (Lipinski definition) is 6. The van der Waals surface area contributed by atoms with Gasteiger partial charge in [0.1, 0.15) is 12.4 Å². The smallest absolute Gasteiger partial charge is 0.337 e. The van der Waals surface area contributed by atoms with E-state index in [0.717, 1.165) is 44.5 Å². The second-order valence-corrected chi connectivity index (χ2v) is 12.6. The van der Waals surface area contributed by atoms with Crippen LogP contribution in [0.3, 0.4) is 0 Å². The molecule has 10 heteroatoms. The number of anilines is 2. The van der Waals surface area contributed by atoms with E-state index in [2.05, 4.69) is 27.5 Å². The zero-order valence-corrected chi connectivity index (χ0v) is 26.5. The summed E-state index contributed by atoms with van der Waals surface area (Å²) in [7, 11) is 0. The molecule has 3 heterocycles. The van der Waals surface area contributed by atoms with Gasteiger partial charge in [-0.05, 0) is 87.2 Å². The average Bonchev–Trinajstić information content (AvgIpc) is 3.34. The van der Waals surface area contributed by atoms with E-state index in [4.69, 9.17) is 21.1 Å². The number of aryl methyl sites for hydroxylation is 1. The van der Waals surface area contributed by atoms with Crippen LogP contribution in [0.4, 0.5) is 16.0 Å². The maximum Gasteiger partial charge on any atom is 0.337 e. The third-order valence-corrected chi connectivity index (χ3v) is 8.16. The fourth-order valence-electron chi connectivity index (χ4n) is 6.00. The molecule has 0 bridgehead atoms. The Bertz CT molecular complexity index is 1880. The van der Waals surface area contributed by atoms with Gasteiger partial charge in [-0.25, -0.2) is 19.2 Å². The molecule has 2 aromatic heterocycles. The molecule has 1 atom stereocenters. The summed E-state index contributed by atoms with van der Waals surface area (Å²) in [6.45, 7) is 11.1. The van der Waals surface area contributed by atoms with Crippen LogP contribution in [0, 0.1) is 19.7 Å². The summed E-state index contributed by atoms with van der Waals surface area (Å²) in [5.74, 6) is -0.438. The van der Waals surface area contributed by atoms with Crippen LogP contribution < -0.4 is 9.64 Å². The maximum atomic E-state index is 13.3. The van der Waals surface area contributed by atoms with Gasteiger partial charge in [0.25, 0.3) is 0 Å². The molecule has 0 amide bonds. The number of hydrogen-bond donors (Lipinski definition) is 1. The lowest BCUT2D eigenvalue weighted by Crippen LogP contribution is -2.32. The Morgan fingerprint density at radius 2 is 1.71 bits per heavy atom. The zero-order valence-electron chi connectivity index (χ0n) is 25.8. The number of halogens is 2. The topological polar surface area (TPSA) is 89.7 Å². The highest BCUT2D eigenvalue weighted by atomic mass is 35.5. The van der Waals surface area contributed by atoms with E-state index in [0.29, 0.717) is 35.4 Å². The Labute approximate surface area is 266 Å². The van der Waals surface area contributed by atoms with Gasteiger partial charge in [-0.2, -0.15) is 0 Å². The van der Waals surface area contributed by atoms with Crippen LogP contribution in [0.25, 0.3) is 22.0 Å². The minimum Gasteiger partial charge on any atom is -0.486 e. The first-order chi connectivity index (χ1) is 21.4. The second-order valence-electron chi connectivity index (χ2n) is 12.2. The molecule has 1 aliphatic rings. The predicted molar refractivity (Wildman–Crippen MR) is 173 cm³/mol. The second kappa shape index (κ2) is 11.8. The quantitative estimate of drug-likeness (QED) is 0.185. The lowest BCUT2D eigenvalue weighted by atomic mass is 9.87. The van der Waals surface area contributed by atoms with Crippen molar-refractivity contribution in [1.29, 1.82) is 0 Å². The fraction of sp³-hybridized carbons (Fsp3) is 0.286. The first-order valence-corrected chi connectivity index (χ1v) is 15.1. The van der Waals surface area contributed by atoms with Crippen molar-refractivity contribution in [2.24, 2.45) is 0 Å². The number of ether oxygens (including phenoxy) is 2. The molecule has 0 fully saturated rings. The lowest BCUT2D eigenvalue weighted by molar-refractivity contribution is -0.160. The molecule has 1 N–H and O–H groups in total. The highest BCUT2D eigenvalue weighted by Crippen LogP contribution is 2.49. The number of nitrogens with zero attached hydrogens (tertiary/aromatic N) is 4. The van der Waals surface area contributed by atoms with Gasteiger partial charge in [-0.15, -0.1) is 0 Å². The summed E-state index contributed by atoms with van der Waals surface area (Å²) in [5, 5.41) is 12.1. The Morgan fingerprint density at radius 3 is 2.33 bits per heavy atom. The zero-order chi connectivity index (χ0) is 32.0. The van der Waals surface area contributed by atoms with Gasteiger partial charge in [-0.1, -0.05) is 35.9 Å². The molecule has 232 valence electrons. The molecule has 0 saturated heterocycles. The van der Waals surface area contributed by atoms with Crippen molar-refractivity contribution in [2.75, 3.05) is 11.4 Å².